The van der Waals surface area contributed by atoms with Gasteiger partial charge in [0.05, 0.1) is 11.1 Å². The minimum Gasteiger partial charge on any atom is -0.508 e. The first-order valence-corrected chi connectivity index (χ1v) is 5.26. The number of hydrogen-bond donors (Lipinski definition) is 3. The van der Waals surface area contributed by atoms with E-state index in [1.807, 2.05) is 0 Å². The van der Waals surface area contributed by atoms with Gasteiger partial charge in [-0.15, -0.1) is 4.91 Å². The zero-order valence-electron chi connectivity index (χ0n) is 9.57. The molecule has 2 rings (SSSR count). The van der Waals surface area contributed by atoms with Gasteiger partial charge in [-0.3, -0.25) is 4.79 Å². The number of carbonyl (C=O) groups excluding carboxylic acids is 1. The fourth-order valence-corrected chi connectivity index (χ4v) is 1.64. The Kier molecular flexibility index (Phi) is 3.15. The molecule has 0 saturated heterocycles. The van der Waals surface area contributed by atoms with Gasteiger partial charge in [0.15, 0.2) is 5.78 Å². The molecule has 6 heteroatoms. The van der Waals surface area contributed by atoms with Crippen LogP contribution in [0.3, 0.4) is 0 Å². The van der Waals surface area contributed by atoms with Crippen molar-refractivity contribution in [2.24, 2.45) is 5.18 Å². The van der Waals surface area contributed by atoms with E-state index in [4.69, 9.17) is 5.11 Å². The number of ketones is 1. The molecule has 2 aromatic rings. The first-order chi connectivity index (χ1) is 9.02. The molecular formula is C13H9NO5. The maximum atomic E-state index is 12.1. The molecule has 0 spiro atoms. The normalized spacial score (nSPS) is 10.1. The number of nitrogens with zero attached hydrogens (tertiary/aromatic N) is 1. The molecule has 96 valence electrons. The quantitative estimate of drug-likeness (QED) is 0.579. The average Bonchev–Trinajstić information content (AvgIpc) is 2.37. The van der Waals surface area contributed by atoms with E-state index >= 15 is 0 Å². The van der Waals surface area contributed by atoms with E-state index in [9.17, 15) is 19.9 Å². The Balaban J connectivity index is 2.53. The van der Waals surface area contributed by atoms with E-state index in [2.05, 4.69) is 5.18 Å². The van der Waals surface area contributed by atoms with Crippen molar-refractivity contribution in [2.45, 2.75) is 0 Å². The summed E-state index contributed by atoms with van der Waals surface area (Å²) in [4.78, 5) is 22.8. The molecule has 0 aromatic heterocycles. The Morgan fingerprint density at radius 3 is 2.05 bits per heavy atom. The summed E-state index contributed by atoms with van der Waals surface area (Å²) >= 11 is 0. The lowest BCUT2D eigenvalue weighted by Gasteiger charge is -2.06. The highest BCUT2D eigenvalue weighted by Crippen LogP contribution is 2.30. The molecule has 3 N–H and O–H groups in total. The van der Waals surface area contributed by atoms with Crippen LogP contribution >= 0.6 is 0 Å². The fourth-order valence-electron chi connectivity index (χ4n) is 1.64. The highest BCUT2D eigenvalue weighted by molar-refractivity contribution is 6.13. The highest BCUT2D eigenvalue weighted by atomic mass is 16.3. The van der Waals surface area contributed by atoms with E-state index in [0.717, 1.165) is 12.1 Å². The standard InChI is InChI=1S/C13H9NO5/c15-7-1-3-9(11(5-7)14-19)13(18)10-4-2-8(16)6-12(10)17/h1-6,15-17H. The van der Waals surface area contributed by atoms with Crippen LogP contribution in [-0.4, -0.2) is 21.1 Å². The number of nitroso groups, excluding NO2 is 1. The van der Waals surface area contributed by atoms with Crippen LogP contribution in [0, 0.1) is 4.91 Å². The number of benzene rings is 2. The van der Waals surface area contributed by atoms with Gasteiger partial charge in [0.25, 0.3) is 0 Å². The molecule has 0 aliphatic rings. The summed E-state index contributed by atoms with van der Waals surface area (Å²) in [6.45, 7) is 0. The predicted molar refractivity (Wildman–Crippen MR) is 66.8 cm³/mol. The molecule has 19 heavy (non-hydrogen) atoms. The first kappa shape index (κ1) is 12.6. The van der Waals surface area contributed by atoms with Crippen molar-refractivity contribution in [3.05, 3.63) is 52.4 Å². The van der Waals surface area contributed by atoms with Crippen LogP contribution in [0.1, 0.15) is 15.9 Å². The second-order valence-corrected chi connectivity index (χ2v) is 3.82. The zero-order chi connectivity index (χ0) is 14.0. The van der Waals surface area contributed by atoms with Crippen LogP contribution in [0.2, 0.25) is 0 Å². The Morgan fingerprint density at radius 2 is 1.47 bits per heavy atom. The van der Waals surface area contributed by atoms with Gasteiger partial charge in [-0.05, 0) is 29.4 Å². The second-order valence-electron chi connectivity index (χ2n) is 3.82. The fraction of sp³-hybridized carbons (Fsp3) is 0. The zero-order valence-corrected chi connectivity index (χ0v) is 9.57. The first-order valence-electron chi connectivity index (χ1n) is 5.26. The molecular weight excluding hydrogens is 250 g/mol. The van der Waals surface area contributed by atoms with E-state index in [1.54, 1.807) is 0 Å². The van der Waals surface area contributed by atoms with Crippen molar-refractivity contribution in [1.82, 2.24) is 0 Å². The van der Waals surface area contributed by atoms with Gasteiger partial charge >= 0.3 is 0 Å². The van der Waals surface area contributed by atoms with Gasteiger partial charge in [-0.25, -0.2) is 0 Å². The lowest BCUT2D eigenvalue weighted by atomic mass is 10.0. The topological polar surface area (TPSA) is 107 Å². The average molecular weight is 259 g/mol. The third-order valence-electron chi connectivity index (χ3n) is 2.55. The minimum atomic E-state index is -0.632. The molecule has 0 heterocycles. The lowest BCUT2D eigenvalue weighted by molar-refractivity contribution is 0.103. The lowest BCUT2D eigenvalue weighted by Crippen LogP contribution is -2.01. The van der Waals surface area contributed by atoms with Gasteiger partial charge < -0.3 is 15.3 Å². The molecule has 2 aromatic carbocycles. The highest BCUT2D eigenvalue weighted by Gasteiger charge is 2.18. The number of rotatable bonds is 3. The molecule has 0 bridgehead atoms. The summed E-state index contributed by atoms with van der Waals surface area (Å²) in [5, 5.41) is 30.6. The van der Waals surface area contributed by atoms with Crippen LogP contribution < -0.4 is 0 Å². The monoisotopic (exact) mass is 259 g/mol. The van der Waals surface area contributed by atoms with E-state index < -0.39 is 11.5 Å². The Hall–Kier alpha value is -2.89. The summed E-state index contributed by atoms with van der Waals surface area (Å²) in [6.07, 6.45) is 0. The van der Waals surface area contributed by atoms with E-state index in [1.165, 1.54) is 24.3 Å². The molecule has 6 nitrogen and oxygen atoms in total. The third kappa shape index (κ3) is 2.37. The molecule has 0 unspecified atom stereocenters. The number of carbonyl (C=O) groups is 1. The SMILES string of the molecule is O=Nc1cc(O)ccc1C(=O)c1ccc(O)cc1O. The maximum absolute atomic E-state index is 12.1. The minimum absolute atomic E-state index is 0.0474. The predicted octanol–water partition coefficient (Wildman–Crippen LogP) is 2.43. The number of hydrogen-bond acceptors (Lipinski definition) is 6. The van der Waals surface area contributed by atoms with E-state index in [-0.39, 0.29) is 28.3 Å². The van der Waals surface area contributed by atoms with Gasteiger partial charge in [0.2, 0.25) is 0 Å². The van der Waals surface area contributed by atoms with Crippen LogP contribution in [0.4, 0.5) is 5.69 Å². The summed E-state index contributed by atoms with van der Waals surface area (Å²) in [5.41, 5.74) is -0.348. The van der Waals surface area contributed by atoms with Crippen molar-refractivity contribution in [1.29, 1.82) is 0 Å². The molecule has 0 atom stereocenters. The van der Waals surface area contributed by atoms with Gasteiger partial charge in [-0.2, -0.15) is 0 Å². The van der Waals surface area contributed by atoms with Crippen molar-refractivity contribution in [3.63, 3.8) is 0 Å². The molecule has 0 saturated carbocycles. The summed E-state index contributed by atoms with van der Waals surface area (Å²) in [5.74, 6) is -1.42. The van der Waals surface area contributed by atoms with Crippen LogP contribution in [0.15, 0.2) is 41.6 Å². The van der Waals surface area contributed by atoms with Crippen LogP contribution in [-0.2, 0) is 0 Å². The molecule has 0 aliphatic heterocycles. The van der Waals surface area contributed by atoms with Crippen molar-refractivity contribution < 1.29 is 20.1 Å². The largest absolute Gasteiger partial charge is 0.508 e. The van der Waals surface area contributed by atoms with Gasteiger partial charge in [0, 0.05) is 12.1 Å². The Labute approximate surface area is 107 Å². The number of aromatic hydroxyl groups is 3. The Morgan fingerprint density at radius 1 is 0.895 bits per heavy atom. The van der Waals surface area contributed by atoms with Crippen molar-refractivity contribution in [3.8, 4) is 17.2 Å². The van der Waals surface area contributed by atoms with Crippen LogP contribution in [0.25, 0.3) is 0 Å². The summed E-state index contributed by atoms with van der Waals surface area (Å²) in [7, 11) is 0. The number of phenols is 3. The van der Waals surface area contributed by atoms with E-state index in [0.29, 0.717) is 0 Å². The Bertz CT molecular complexity index is 666. The molecule has 0 aliphatic carbocycles. The maximum Gasteiger partial charge on any atom is 0.199 e. The molecule has 0 amide bonds. The third-order valence-corrected chi connectivity index (χ3v) is 2.55. The molecule has 0 fully saturated rings. The smallest absolute Gasteiger partial charge is 0.199 e. The van der Waals surface area contributed by atoms with Crippen LogP contribution in [0.5, 0.6) is 17.2 Å². The van der Waals surface area contributed by atoms with Gasteiger partial charge in [-0.1, -0.05) is 0 Å². The summed E-state index contributed by atoms with van der Waals surface area (Å²) in [6, 6.07) is 7.01. The number of phenolic OH excluding ortho intramolecular Hbond substituents is 3. The molecule has 0 radical (unpaired) electrons. The second kappa shape index (κ2) is 4.77. The van der Waals surface area contributed by atoms with Crippen molar-refractivity contribution >= 4 is 11.5 Å². The summed E-state index contributed by atoms with van der Waals surface area (Å²) < 4.78 is 0. The van der Waals surface area contributed by atoms with Gasteiger partial charge in [0.1, 0.15) is 22.9 Å². The van der Waals surface area contributed by atoms with Crippen molar-refractivity contribution in [2.75, 3.05) is 0 Å².